The maximum Gasteiger partial charge on any atom is 0.131 e. The Kier molecular flexibility index (Phi) is 3.10. The predicted octanol–water partition coefficient (Wildman–Crippen LogP) is 3.83. The van der Waals surface area contributed by atoms with Crippen molar-refractivity contribution in [1.82, 2.24) is 0 Å². The van der Waals surface area contributed by atoms with E-state index < -0.39 is 0 Å². The summed E-state index contributed by atoms with van der Waals surface area (Å²) in [5, 5.41) is 0. The van der Waals surface area contributed by atoms with Crippen LogP contribution >= 0.6 is 0 Å². The van der Waals surface area contributed by atoms with E-state index in [1.54, 1.807) is 36.4 Å². The smallest absolute Gasteiger partial charge is 0.131 e. The highest BCUT2D eigenvalue weighted by Gasteiger charge is 1.95. The van der Waals surface area contributed by atoms with E-state index in [1.165, 1.54) is 18.2 Å². The SMILES string of the molecule is Fc1ccc(/C=[C]/c2ccccc2F)cc1. The topological polar surface area (TPSA) is 0 Å². The van der Waals surface area contributed by atoms with Crippen LogP contribution in [0, 0.1) is 17.7 Å². The zero-order valence-corrected chi connectivity index (χ0v) is 8.45. The molecule has 0 aliphatic rings. The van der Waals surface area contributed by atoms with E-state index in [0.29, 0.717) is 5.56 Å². The van der Waals surface area contributed by atoms with Crippen LogP contribution in [0.3, 0.4) is 0 Å². The number of hydrogen-bond donors (Lipinski definition) is 0. The monoisotopic (exact) mass is 215 g/mol. The molecule has 0 amide bonds. The number of benzene rings is 2. The van der Waals surface area contributed by atoms with Crippen molar-refractivity contribution >= 4 is 6.08 Å². The van der Waals surface area contributed by atoms with Crippen LogP contribution in [0.4, 0.5) is 8.78 Å². The van der Waals surface area contributed by atoms with Crippen molar-refractivity contribution in [2.75, 3.05) is 0 Å². The van der Waals surface area contributed by atoms with Gasteiger partial charge in [-0.1, -0.05) is 30.3 Å². The van der Waals surface area contributed by atoms with E-state index in [2.05, 4.69) is 6.08 Å². The fourth-order valence-electron chi connectivity index (χ4n) is 1.30. The molecule has 16 heavy (non-hydrogen) atoms. The lowest BCUT2D eigenvalue weighted by Gasteiger charge is -1.95. The van der Waals surface area contributed by atoms with Gasteiger partial charge < -0.3 is 0 Å². The van der Waals surface area contributed by atoms with E-state index in [-0.39, 0.29) is 11.6 Å². The first kappa shape index (κ1) is 10.6. The Labute approximate surface area is 92.9 Å². The molecule has 0 saturated carbocycles. The molecule has 2 heteroatoms. The summed E-state index contributed by atoms with van der Waals surface area (Å²) in [4.78, 5) is 0. The highest BCUT2D eigenvalue weighted by Crippen LogP contribution is 2.10. The van der Waals surface area contributed by atoms with Crippen molar-refractivity contribution in [1.29, 1.82) is 0 Å². The Morgan fingerprint density at radius 3 is 2.25 bits per heavy atom. The molecule has 0 saturated heterocycles. The molecule has 0 nitrogen and oxygen atoms in total. The predicted molar refractivity (Wildman–Crippen MR) is 59.6 cm³/mol. The van der Waals surface area contributed by atoms with Gasteiger partial charge in [-0.2, -0.15) is 0 Å². The second kappa shape index (κ2) is 4.71. The van der Waals surface area contributed by atoms with E-state index >= 15 is 0 Å². The van der Waals surface area contributed by atoms with Gasteiger partial charge in [-0.15, -0.1) is 0 Å². The molecule has 1 radical (unpaired) electrons. The molecule has 0 fully saturated rings. The fraction of sp³-hybridized carbons (Fsp3) is 0. The van der Waals surface area contributed by atoms with Crippen LogP contribution in [0.25, 0.3) is 6.08 Å². The first-order chi connectivity index (χ1) is 7.75. The Bertz CT molecular complexity index is 498. The van der Waals surface area contributed by atoms with Crippen LogP contribution in [0.2, 0.25) is 0 Å². The molecule has 79 valence electrons. The van der Waals surface area contributed by atoms with Crippen LogP contribution in [-0.4, -0.2) is 0 Å². The summed E-state index contributed by atoms with van der Waals surface area (Å²) in [7, 11) is 0. The van der Waals surface area contributed by atoms with E-state index in [1.807, 2.05) is 0 Å². The van der Waals surface area contributed by atoms with Crippen LogP contribution in [-0.2, 0) is 0 Å². The lowest BCUT2D eigenvalue weighted by Crippen LogP contribution is -1.81. The van der Waals surface area contributed by atoms with Crippen molar-refractivity contribution in [3.63, 3.8) is 0 Å². The second-order valence-electron chi connectivity index (χ2n) is 3.32. The van der Waals surface area contributed by atoms with Gasteiger partial charge in [-0.3, -0.25) is 0 Å². The molecule has 2 aromatic carbocycles. The normalized spacial score (nSPS) is 10.9. The molecule has 0 heterocycles. The average Bonchev–Trinajstić information content (AvgIpc) is 2.30. The summed E-state index contributed by atoms with van der Waals surface area (Å²) < 4.78 is 25.8. The molecular formula is C14H9F2. The maximum absolute atomic E-state index is 13.2. The molecule has 0 aliphatic carbocycles. The summed E-state index contributed by atoms with van der Waals surface area (Å²) in [6.45, 7) is 0. The second-order valence-corrected chi connectivity index (χ2v) is 3.32. The summed E-state index contributed by atoms with van der Waals surface area (Å²) in [5.74, 6) is -0.607. The summed E-state index contributed by atoms with van der Waals surface area (Å²) >= 11 is 0. The van der Waals surface area contributed by atoms with Crippen molar-refractivity contribution in [3.8, 4) is 0 Å². The van der Waals surface area contributed by atoms with Crippen LogP contribution in [0.5, 0.6) is 0 Å². The third-order valence-corrected chi connectivity index (χ3v) is 2.14. The summed E-state index contributed by atoms with van der Waals surface area (Å²) in [6, 6.07) is 12.3. The average molecular weight is 215 g/mol. The third kappa shape index (κ3) is 2.54. The summed E-state index contributed by atoms with van der Waals surface area (Å²) in [6.07, 6.45) is 4.45. The largest absolute Gasteiger partial charge is 0.207 e. The van der Waals surface area contributed by atoms with E-state index in [9.17, 15) is 8.78 Å². The van der Waals surface area contributed by atoms with Crippen molar-refractivity contribution in [2.45, 2.75) is 0 Å². The molecule has 0 spiro atoms. The zero-order chi connectivity index (χ0) is 11.4. The molecular weight excluding hydrogens is 206 g/mol. The van der Waals surface area contributed by atoms with Crippen molar-refractivity contribution < 1.29 is 8.78 Å². The molecule has 0 atom stereocenters. The third-order valence-electron chi connectivity index (χ3n) is 2.14. The van der Waals surface area contributed by atoms with E-state index in [0.717, 1.165) is 5.56 Å². The molecule has 0 N–H and O–H groups in total. The van der Waals surface area contributed by atoms with Crippen LogP contribution in [0.1, 0.15) is 11.1 Å². The van der Waals surface area contributed by atoms with Gasteiger partial charge in [0.15, 0.2) is 0 Å². The Hall–Kier alpha value is -1.96. The first-order valence-corrected chi connectivity index (χ1v) is 4.85. The molecule has 2 rings (SSSR count). The molecule has 0 unspecified atom stereocenters. The minimum atomic E-state index is -0.319. The molecule has 0 aromatic heterocycles. The van der Waals surface area contributed by atoms with Gasteiger partial charge in [-0.25, -0.2) is 8.78 Å². The van der Waals surface area contributed by atoms with Gasteiger partial charge in [0.25, 0.3) is 0 Å². The maximum atomic E-state index is 13.2. The highest BCUT2D eigenvalue weighted by molar-refractivity contribution is 5.50. The van der Waals surface area contributed by atoms with Gasteiger partial charge in [0, 0.05) is 5.56 Å². The molecule has 0 aliphatic heterocycles. The summed E-state index contributed by atoms with van der Waals surface area (Å²) in [5.41, 5.74) is 1.18. The van der Waals surface area contributed by atoms with Crippen molar-refractivity contribution in [3.05, 3.63) is 77.4 Å². The van der Waals surface area contributed by atoms with Gasteiger partial charge in [0.2, 0.25) is 0 Å². The standard InChI is InChI=1S/C14H9F2/c15-13-9-6-11(7-10-13)5-8-12-3-1-2-4-14(12)16/h1-7,9-10H. The lowest BCUT2D eigenvalue weighted by molar-refractivity contribution is 0.622. The van der Waals surface area contributed by atoms with Gasteiger partial charge in [0.05, 0.1) is 0 Å². The fourth-order valence-corrected chi connectivity index (χ4v) is 1.30. The van der Waals surface area contributed by atoms with Gasteiger partial charge in [-0.05, 0) is 35.9 Å². The number of rotatable bonds is 2. The van der Waals surface area contributed by atoms with Crippen LogP contribution in [0.15, 0.2) is 48.5 Å². The first-order valence-electron chi connectivity index (χ1n) is 4.85. The van der Waals surface area contributed by atoms with Gasteiger partial charge >= 0.3 is 0 Å². The minimum Gasteiger partial charge on any atom is -0.207 e. The lowest BCUT2D eigenvalue weighted by atomic mass is 10.1. The van der Waals surface area contributed by atoms with Gasteiger partial charge in [0.1, 0.15) is 11.6 Å². The minimum absolute atomic E-state index is 0.289. The van der Waals surface area contributed by atoms with Crippen molar-refractivity contribution in [2.24, 2.45) is 0 Å². The quantitative estimate of drug-likeness (QED) is 0.668. The molecule has 2 aromatic rings. The number of halogens is 2. The Morgan fingerprint density at radius 2 is 1.56 bits per heavy atom. The zero-order valence-electron chi connectivity index (χ0n) is 8.45. The molecule has 0 bridgehead atoms. The number of hydrogen-bond acceptors (Lipinski definition) is 0. The van der Waals surface area contributed by atoms with E-state index in [4.69, 9.17) is 0 Å². The Balaban J connectivity index is 2.21. The highest BCUT2D eigenvalue weighted by atomic mass is 19.1. The van der Waals surface area contributed by atoms with Crippen LogP contribution < -0.4 is 0 Å². The Morgan fingerprint density at radius 1 is 0.875 bits per heavy atom.